The van der Waals surface area contributed by atoms with Crippen LogP contribution in [0.4, 0.5) is 15.8 Å². The number of benzene rings is 2. The van der Waals surface area contributed by atoms with Crippen molar-refractivity contribution >= 4 is 28.9 Å². The molecule has 0 radical (unpaired) electrons. The molecule has 19 heavy (non-hydrogen) atoms. The maximum atomic E-state index is 12.8. The highest BCUT2D eigenvalue weighted by atomic mass is 35.5. The third kappa shape index (κ3) is 2.85. The Hall–Kier alpha value is -2.07. The monoisotopic (exact) mass is 278 g/mol. The molecule has 0 heterocycles. The van der Waals surface area contributed by atoms with Crippen LogP contribution in [-0.4, -0.2) is 13.0 Å². The van der Waals surface area contributed by atoms with Crippen molar-refractivity contribution in [2.75, 3.05) is 17.7 Å². The number of nitrogens with two attached hydrogens (primary N) is 1. The summed E-state index contributed by atoms with van der Waals surface area (Å²) >= 11 is 5.79. The molecule has 0 spiro atoms. The highest BCUT2D eigenvalue weighted by Gasteiger charge is 2.16. The van der Waals surface area contributed by atoms with E-state index in [4.69, 9.17) is 17.3 Å². The average Bonchev–Trinajstić information content (AvgIpc) is 2.38. The van der Waals surface area contributed by atoms with E-state index < -0.39 is 0 Å². The lowest BCUT2D eigenvalue weighted by atomic mass is 10.1. The zero-order valence-electron chi connectivity index (χ0n) is 10.2. The molecule has 2 aromatic carbocycles. The second kappa shape index (κ2) is 5.28. The molecule has 1 amide bonds. The van der Waals surface area contributed by atoms with E-state index >= 15 is 0 Å². The normalized spacial score (nSPS) is 10.3. The van der Waals surface area contributed by atoms with Gasteiger partial charge in [-0.15, -0.1) is 0 Å². The Kier molecular flexibility index (Phi) is 3.71. The van der Waals surface area contributed by atoms with Gasteiger partial charge in [0.2, 0.25) is 0 Å². The third-order valence-electron chi connectivity index (χ3n) is 2.76. The molecule has 98 valence electrons. The lowest BCUT2D eigenvalue weighted by Gasteiger charge is -2.18. The molecule has 0 saturated heterocycles. The molecule has 2 N–H and O–H groups in total. The summed E-state index contributed by atoms with van der Waals surface area (Å²) in [6, 6.07) is 10.3. The van der Waals surface area contributed by atoms with Crippen molar-refractivity contribution in [2.24, 2.45) is 0 Å². The molecule has 5 heteroatoms. The van der Waals surface area contributed by atoms with Gasteiger partial charge < -0.3 is 10.6 Å². The average molecular weight is 279 g/mol. The van der Waals surface area contributed by atoms with Gasteiger partial charge in [0.05, 0.1) is 5.56 Å². The molecule has 0 saturated carbocycles. The van der Waals surface area contributed by atoms with Gasteiger partial charge in [-0.25, -0.2) is 4.39 Å². The van der Waals surface area contributed by atoms with Crippen LogP contribution in [-0.2, 0) is 0 Å². The summed E-state index contributed by atoms with van der Waals surface area (Å²) in [5, 5.41) is 0.471. The Balaban J connectivity index is 2.30. The molecule has 0 aliphatic carbocycles. The van der Waals surface area contributed by atoms with Crippen LogP contribution in [0.25, 0.3) is 0 Å². The molecule has 0 fully saturated rings. The van der Waals surface area contributed by atoms with Gasteiger partial charge in [0.15, 0.2) is 0 Å². The Labute approximate surface area is 115 Å². The summed E-state index contributed by atoms with van der Waals surface area (Å²) in [4.78, 5) is 13.7. The van der Waals surface area contributed by atoms with Gasteiger partial charge in [-0.2, -0.15) is 0 Å². The Morgan fingerprint density at radius 2 is 1.84 bits per heavy atom. The molecule has 3 nitrogen and oxygen atoms in total. The van der Waals surface area contributed by atoms with Crippen LogP contribution in [0.2, 0.25) is 5.02 Å². The van der Waals surface area contributed by atoms with Crippen molar-refractivity contribution in [3.05, 3.63) is 58.9 Å². The van der Waals surface area contributed by atoms with Crippen LogP contribution < -0.4 is 10.6 Å². The zero-order valence-corrected chi connectivity index (χ0v) is 11.0. The molecule has 0 bridgehead atoms. The number of carbonyl (C=O) groups is 1. The standard InChI is InChI=1S/C14H12ClFN2O/c1-18(11-5-3-10(16)4-6-11)14(19)12-7-2-9(15)8-13(12)17/h2-8H,17H2,1H3. The molecule has 0 aliphatic heterocycles. The van der Waals surface area contributed by atoms with Gasteiger partial charge in [-0.3, -0.25) is 4.79 Å². The van der Waals surface area contributed by atoms with Crippen LogP contribution in [0.3, 0.4) is 0 Å². The van der Waals surface area contributed by atoms with Gasteiger partial charge >= 0.3 is 0 Å². The number of nitrogens with zero attached hydrogens (tertiary/aromatic N) is 1. The number of halogens is 2. The van der Waals surface area contributed by atoms with Crippen LogP contribution in [0.1, 0.15) is 10.4 Å². The van der Waals surface area contributed by atoms with Crippen molar-refractivity contribution < 1.29 is 9.18 Å². The number of anilines is 2. The third-order valence-corrected chi connectivity index (χ3v) is 3.00. The Morgan fingerprint density at radius 3 is 2.42 bits per heavy atom. The Morgan fingerprint density at radius 1 is 1.21 bits per heavy atom. The van der Waals surface area contributed by atoms with Gasteiger partial charge in [-0.1, -0.05) is 11.6 Å². The van der Waals surface area contributed by atoms with E-state index in [1.54, 1.807) is 19.2 Å². The first-order valence-electron chi connectivity index (χ1n) is 5.57. The van der Waals surface area contributed by atoms with Gasteiger partial charge in [0.1, 0.15) is 5.82 Å². The second-order valence-corrected chi connectivity index (χ2v) is 4.51. The molecule has 2 rings (SSSR count). The minimum Gasteiger partial charge on any atom is -0.398 e. The van der Waals surface area contributed by atoms with Crippen LogP contribution in [0.5, 0.6) is 0 Å². The number of carbonyl (C=O) groups excluding carboxylic acids is 1. The lowest BCUT2D eigenvalue weighted by Crippen LogP contribution is -2.27. The first-order valence-corrected chi connectivity index (χ1v) is 5.95. The fourth-order valence-electron chi connectivity index (χ4n) is 1.69. The summed E-state index contributed by atoms with van der Waals surface area (Å²) in [6.45, 7) is 0. The largest absolute Gasteiger partial charge is 0.398 e. The van der Waals surface area contributed by atoms with Crippen LogP contribution in [0, 0.1) is 5.82 Å². The van der Waals surface area contributed by atoms with Gasteiger partial charge in [0.25, 0.3) is 5.91 Å². The molecule has 0 atom stereocenters. The summed E-state index contributed by atoms with van der Waals surface area (Å²) < 4.78 is 12.8. The van der Waals surface area contributed by atoms with Gasteiger partial charge in [0, 0.05) is 23.4 Å². The number of hydrogen-bond donors (Lipinski definition) is 1. The van der Waals surface area contributed by atoms with Crippen molar-refractivity contribution in [2.45, 2.75) is 0 Å². The molecule has 0 unspecified atom stereocenters. The fraction of sp³-hybridized carbons (Fsp3) is 0.0714. The number of nitrogen functional groups attached to an aromatic ring is 1. The van der Waals surface area contributed by atoms with Crippen LogP contribution >= 0.6 is 11.6 Å². The van der Waals surface area contributed by atoms with Crippen molar-refractivity contribution in [1.82, 2.24) is 0 Å². The van der Waals surface area contributed by atoms with E-state index in [-0.39, 0.29) is 11.7 Å². The first kappa shape index (κ1) is 13.4. The molecule has 0 aromatic heterocycles. The van der Waals surface area contributed by atoms with Crippen molar-refractivity contribution in [3.63, 3.8) is 0 Å². The number of rotatable bonds is 2. The maximum absolute atomic E-state index is 12.8. The SMILES string of the molecule is CN(C(=O)c1ccc(Cl)cc1N)c1ccc(F)cc1. The van der Waals surface area contributed by atoms with Crippen molar-refractivity contribution in [1.29, 1.82) is 0 Å². The highest BCUT2D eigenvalue weighted by Crippen LogP contribution is 2.22. The van der Waals surface area contributed by atoms with E-state index in [0.29, 0.717) is 22.0 Å². The smallest absolute Gasteiger partial charge is 0.260 e. The fourth-order valence-corrected chi connectivity index (χ4v) is 1.87. The quantitative estimate of drug-likeness (QED) is 0.857. The van der Waals surface area contributed by atoms with Crippen molar-refractivity contribution in [3.8, 4) is 0 Å². The predicted molar refractivity (Wildman–Crippen MR) is 75.0 cm³/mol. The minimum absolute atomic E-state index is 0.277. The van der Waals surface area contributed by atoms with E-state index in [1.807, 2.05) is 0 Å². The Bertz CT molecular complexity index is 613. The number of amides is 1. The molecule has 0 aliphatic rings. The lowest BCUT2D eigenvalue weighted by molar-refractivity contribution is 0.0994. The number of hydrogen-bond acceptors (Lipinski definition) is 2. The van der Waals surface area contributed by atoms with Gasteiger partial charge in [-0.05, 0) is 42.5 Å². The highest BCUT2D eigenvalue weighted by molar-refractivity contribution is 6.31. The summed E-state index contributed by atoms with van der Waals surface area (Å²) in [6.07, 6.45) is 0. The summed E-state index contributed by atoms with van der Waals surface area (Å²) in [5.41, 5.74) is 7.02. The molecular weight excluding hydrogens is 267 g/mol. The molecular formula is C14H12ClFN2O. The van der Waals surface area contributed by atoms with Crippen LogP contribution in [0.15, 0.2) is 42.5 Å². The maximum Gasteiger partial charge on any atom is 0.260 e. The first-order chi connectivity index (χ1) is 8.99. The van der Waals surface area contributed by atoms with E-state index in [2.05, 4.69) is 0 Å². The zero-order chi connectivity index (χ0) is 14.0. The molecule has 2 aromatic rings. The van der Waals surface area contributed by atoms with E-state index in [9.17, 15) is 9.18 Å². The predicted octanol–water partition coefficient (Wildman–Crippen LogP) is 3.34. The van der Waals surface area contributed by atoms with E-state index in [1.165, 1.54) is 35.2 Å². The summed E-state index contributed by atoms with van der Waals surface area (Å²) in [7, 11) is 1.60. The van der Waals surface area contributed by atoms with E-state index in [0.717, 1.165) is 0 Å². The minimum atomic E-state index is -0.351. The summed E-state index contributed by atoms with van der Waals surface area (Å²) in [5.74, 6) is -0.628. The topological polar surface area (TPSA) is 46.3 Å². The second-order valence-electron chi connectivity index (χ2n) is 4.07.